The summed E-state index contributed by atoms with van der Waals surface area (Å²) in [7, 11) is 1.66. The lowest BCUT2D eigenvalue weighted by molar-refractivity contribution is 0.413. The van der Waals surface area contributed by atoms with Gasteiger partial charge in [-0.2, -0.15) is 0 Å². The average Bonchev–Trinajstić information content (AvgIpc) is 3.42. The first-order chi connectivity index (χ1) is 14.7. The molecule has 3 heterocycles. The molecule has 5 rings (SSSR count). The number of benzene rings is 2. The van der Waals surface area contributed by atoms with E-state index in [1.165, 1.54) is 0 Å². The van der Waals surface area contributed by atoms with Crippen LogP contribution in [-0.4, -0.2) is 36.6 Å². The topological polar surface area (TPSA) is 70.7 Å². The maximum Gasteiger partial charge on any atom is 0.143 e. The lowest BCUT2D eigenvalue weighted by Gasteiger charge is -2.10. The molecule has 2 aromatic carbocycles. The fourth-order valence-corrected chi connectivity index (χ4v) is 3.51. The minimum atomic E-state index is 0.628. The van der Waals surface area contributed by atoms with Gasteiger partial charge in [-0.1, -0.05) is 29.5 Å². The number of nitrogens with zero attached hydrogens (tertiary/aromatic N) is 6. The monoisotopic (exact) mass is 396 g/mol. The molecule has 0 aliphatic heterocycles. The van der Waals surface area contributed by atoms with Crippen LogP contribution in [0.15, 0.2) is 73.4 Å². The number of fused-ring (bicyclic) bond motifs is 1. The second kappa shape index (κ2) is 7.44. The summed E-state index contributed by atoms with van der Waals surface area (Å²) in [5, 5.41) is 9.77. The molecular weight excluding hydrogens is 376 g/mol. The molecule has 0 aliphatic rings. The van der Waals surface area contributed by atoms with Crippen molar-refractivity contribution in [3.63, 3.8) is 0 Å². The second-order valence-corrected chi connectivity index (χ2v) is 7.14. The van der Waals surface area contributed by atoms with Crippen LogP contribution in [0.2, 0.25) is 0 Å². The molecule has 0 atom stereocenters. The summed E-state index contributed by atoms with van der Waals surface area (Å²) >= 11 is 0. The van der Waals surface area contributed by atoms with Crippen LogP contribution in [0.25, 0.3) is 27.8 Å². The van der Waals surface area contributed by atoms with Gasteiger partial charge in [0, 0.05) is 23.3 Å². The molecule has 0 amide bonds. The van der Waals surface area contributed by atoms with E-state index in [0.717, 1.165) is 44.9 Å². The van der Waals surface area contributed by atoms with Crippen molar-refractivity contribution < 1.29 is 4.74 Å². The molecule has 148 valence electrons. The minimum absolute atomic E-state index is 0.628. The van der Waals surface area contributed by atoms with Gasteiger partial charge in [-0.15, -0.1) is 5.10 Å². The van der Waals surface area contributed by atoms with Gasteiger partial charge in [0.25, 0.3) is 0 Å². The van der Waals surface area contributed by atoms with Gasteiger partial charge >= 0.3 is 0 Å². The SMILES string of the molecule is COc1cc(-c2cn(Cc3ccc4cccnc4c3)nn2)ccc1-n1cnc(C)c1. The van der Waals surface area contributed by atoms with Crippen molar-refractivity contribution in [3.05, 3.63) is 84.7 Å². The Balaban J connectivity index is 1.41. The first kappa shape index (κ1) is 18.1. The predicted octanol–water partition coefficient (Wildman–Crippen LogP) is 4.04. The van der Waals surface area contributed by atoms with Gasteiger partial charge in [-0.05, 0) is 36.8 Å². The molecule has 0 saturated carbocycles. The molecule has 0 radical (unpaired) electrons. The Labute approximate surface area is 173 Å². The van der Waals surface area contributed by atoms with Gasteiger partial charge in [0.05, 0.1) is 43.1 Å². The van der Waals surface area contributed by atoms with Crippen molar-refractivity contribution in [2.24, 2.45) is 0 Å². The molecule has 0 saturated heterocycles. The van der Waals surface area contributed by atoms with Crippen molar-refractivity contribution >= 4 is 10.9 Å². The first-order valence-electron chi connectivity index (χ1n) is 9.63. The Hall–Kier alpha value is -4.00. The zero-order valence-electron chi connectivity index (χ0n) is 16.7. The van der Waals surface area contributed by atoms with E-state index in [0.29, 0.717) is 6.54 Å². The summed E-state index contributed by atoms with van der Waals surface area (Å²) in [6.45, 7) is 2.59. The van der Waals surface area contributed by atoms with Crippen LogP contribution in [0.4, 0.5) is 0 Å². The van der Waals surface area contributed by atoms with Crippen LogP contribution in [-0.2, 0) is 6.54 Å². The third kappa shape index (κ3) is 3.41. The van der Waals surface area contributed by atoms with E-state index in [1.54, 1.807) is 13.4 Å². The average molecular weight is 396 g/mol. The first-order valence-corrected chi connectivity index (χ1v) is 9.63. The summed E-state index contributed by atoms with van der Waals surface area (Å²) in [4.78, 5) is 8.71. The molecule has 5 aromatic rings. The van der Waals surface area contributed by atoms with Gasteiger partial charge in [0.1, 0.15) is 11.4 Å². The number of aryl methyl sites for hydroxylation is 1. The third-order valence-electron chi connectivity index (χ3n) is 5.02. The van der Waals surface area contributed by atoms with E-state index in [-0.39, 0.29) is 0 Å². The van der Waals surface area contributed by atoms with Crippen LogP contribution < -0.4 is 4.74 Å². The Bertz CT molecular complexity index is 1340. The van der Waals surface area contributed by atoms with Crippen molar-refractivity contribution in [2.45, 2.75) is 13.5 Å². The number of hydrogen-bond donors (Lipinski definition) is 0. The number of pyridine rings is 1. The maximum absolute atomic E-state index is 5.60. The number of methoxy groups -OCH3 is 1. The van der Waals surface area contributed by atoms with Gasteiger partial charge in [0.2, 0.25) is 0 Å². The molecule has 0 N–H and O–H groups in total. The van der Waals surface area contributed by atoms with Crippen LogP contribution in [0.3, 0.4) is 0 Å². The smallest absolute Gasteiger partial charge is 0.143 e. The van der Waals surface area contributed by atoms with Crippen LogP contribution >= 0.6 is 0 Å². The number of hydrogen-bond acceptors (Lipinski definition) is 5. The summed E-state index contributed by atoms with van der Waals surface area (Å²) in [6.07, 6.45) is 7.49. The maximum atomic E-state index is 5.60. The standard InChI is InChI=1S/C23H20N6O/c1-16-12-28(15-25-16)22-8-7-19(11-23(22)30-2)21-14-29(27-26-21)13-17-5-6-18-4-3-9-24-20(18)10-17/h3-12,14-15H,13H2,1-2H3. The lowest BCUT2D eigenvalue weighted by Crippen LogP contribution is -2.00. The number of ether oxygens (including phenoxy) is 1. The summed E-state index contributed by atoms with van der Waals surface area (Å²) < 4.78 is 9.38. The van der Waals surface area contributed by atoms with E-state index < -0.39 is 0 Å². The highest BCUT2D eigenvalue weighted by Gasteiger charge is 2.11. The van der Waals surface area contributed by atoms with Gasteiger partial charge < -0.3 is 9.30 Å². The summed E-state index contributed by atoms with van der Waals surface area (Å²) in [5.41, 5.74) is 5.72. The zero-order chi connectivity index (χ0) is 20.5. The fourth-order valence-electron chi connectivity index (χ4n) is 3.51. The second-order valence-electron chi connectivity index (χ2n) is 7.14. The van der Waals surface area contributed by atoms with E-state index in [9.17, 15) is 0 Å². The highest BCUT2D eigenvalue weighted by atomic mass is 16.5. The van der Waals surface area contributed by atoms with Crippen LogP contribution in [0.1, 0.15) is 11.3 Å². The molecule has 0 aliphatic carbocycles. The fraction of sp³-hybridized carbons (Fsp3) is 0.130. The summed E-state index contributed by atoms with van der Waals surface area (Å²) in [5.74, 6) is 0.750. The van der Waals surface area contributed by atoms with Gasteiger partial charge in [0.15, 0.2) is 0 Å². The normalized spacial score (nSPS) is 11.1. The number of imidazole rings is 1. The van der Waals surface area contributed by atoms with E-state index >= 15 is 0 Å². The van der Waals surface area contributed by atoms with Gasteiger partial charge in [-0.25, -0.2) is 9.67 Å². The Morgan fingerprint density at radius 1 is 1.00 bits per heavy atom. The molecule has 30 heavy (non-hydrogen) atoms. The molecule has 3 aromatic heterocycles. The van der Waals surface area contributed by atoms with E-state index in [2.05, 4.69) is 44.5 Å². The molecular formula is C23H20N6O. The number of rotatable bonds is 5. The molecule has 0 fully saturated rings. The molecule has 0 bridgehead atoms. The van der Waals surface area contributed by atoms with Crippen molar-refractivity contribution in [1.82, 2.24) is 29.5 Å². The van der Waals surface area contributed by atoms with Gasteiger partial charge in [-0.3, -0.25) is 4.98 Å². The van der Waals surface area contributed by atoms with E-state index in [4.69, 9.17) is 4.74 Å². The molecule has 0 unspecified atom stereocenters. The Morgan fingerprint density at radius 3 is 2.77 bits per heavy atom. The van der Waals surface area contributed by atoms with Crippen LogP contribution in [0.5, 0.6) is 5.75 Å². The quantitative estimate of drug-likeness (QED) is 0.448. The zero-order valence-corrected chi connectivity index (χ0v) is 16.7. The molecule has 0 spiro atoms. The van der Waals surface area contributed by atoms with Crippen LogP contribution in [0, 0.1) is 6.92 Å². The molecule has 7 heteroatoms. The largest absolute Gasteiger partial charge is 0.495 e. The predicted molar refractivity (Wildman–Crippen MR) is 115 cm³/mol. The van der Waals surface area contributed by atoms with E-state index in [1.807, 2.05) is 59.0 Å². The number of aromatic nitrogens is 6. The Morgan fingerprint density at radius 2 is 1.93 bits per heavy atom. The Kier molecular flexibility index (Phi) is 4.48. The lowest BCUT2D eigenvalue weighted by atomic mass is 10.1. The molecule has 7 nitrogen and oxygen atoms in total. The highest BCUT2D eigenvalue weighted by Crippen LogP contribution is 2.29. The van der Waals surface area contributed by atoms with Crippen molar-refractivity contribution in [2.75, 3.05) is 7.11 Å². The third-order valence-corrected chi connectivity index (χ3v) is 5.02. The van der Waals surface area contributed by atoms with Crippen molar-refractivity contribution in [1.29, 1.82) is 0 Å². The highest BCUT2D eigenvalue weighted by molar-refractivity contribution is 5.78. The minimum Gasteiger partial charge on any atom is -0.495 e. The van der Waals surface area contributed by atoms with Crippen molar-refractivity contribution in [3.8, 4) is 22.7 Å². The summed E-state index contributed by atoms with van der Waals surface area (Å²) in [6, 6.07) is 16.2.